The van der Waals surface area contributed by atoms with Crippen LogP contribution in [0.1, 0.15) is 32.6 Å². The summed E-state index contributed by atoms with van der Waals surface area (Å²) in [5.74, 6) is 1.52. The van der Waals surface area contributed by atoms with Crippen LogP contribution in [0.5, 0.6) is 0 Å². The normalized spacial score (nSPS) is 35.6. The molecule has 14 heavy (non-hydrogen) atoms. The van der Waals surface area contributed by atoms with Gasteiger partial charge in [0.2, 0.25) is 0 Å². The maximum absolute atomic E-state index is 11.3. The summed E-state index contributed by atoms with van der Waals surface area (Å²) < 4.78 is 4.97. The molecule has 2 fully saturated rings. The minimum Gasteiger partial charge on any atom is -0.466 e. The van der Waals surface area contributed by atoms with Crippen LogP contribution in [0.25, 0.3) is 0 Å². The van der Waals surface area contributed by atoms with Gasteiger partial charge >= 0.3 is 5.97 Å². The fourth-order valence-electron chi connectivity index (χ4n) is 2.93. The van der Waals surface area contributed by atoms with Crippen LogP contribution in [-0.2, 0) is 9.53 Å². The second-order valence-electron chi connectivity index (χ2n) is 4.38. The number of rotatable bonds is 3. The SMILES string of the molecule is CCOC(=O)C[C@H]1NC[C@@H]2CCC[C@@H]21. The molecule has 0 unspecified atom stereocenters. The van der Waals surface area contributed by atoms with Gasteiger partial charge in [-0.05, 0) is 38.1 Å². The maximum Gasteiger partial charge on any atom is 0.307 e. The van der Waals surface area contributed by atoms with E-state index in [1.165, 1.54) is 19.3 Å². The molecule has 1 aliphatic carbocycles. The number of ether oxygens (including phenoxy) is 1. The predicted octanol–water partition coefficient (Wildman–Crippen LogP) is 1.33. The maximum atomic E-state index is 11.3. The molecule has 2 aliphatic rings. The topological polar surface area (TPSA) is 38.3 Å². The Balaban J connectivity index is 1.83. The van der Waals surface area contributed by atoms with E-state index in [0.29, 0.717) is 19.1 Å². The number of esters is 1. The van der Waals surface area contributed by atoms with Crippen molar-refractivity contribution in [3.8, 4) is 0 Å². The molecule has 1 saturated heterocycles. The summed E-state index contributed by atoms with van der Waals surface area (Å²) in [6.07, 6.45) is 4.55. The Bertz CT molecular complexity index is 217. The van der Waals surface area contributed by atoms with Gasteiger partial charge in [0, 0.05) is 6.04 Å². The van der Waals surface area contributed by atoms with Crippen molar-refractivity contribution in [3.05, 3.63) is 0 Å². The molecule has 0 aromatic rings. The van der Waals surface area contributed by atoms with E-state index >= 15 is 0 Å². The van der Waals surface area contributed by atoms with E-state index in [0.717, 1.165) is 18.4 Å². The minimum absolute atomic E-state index is 0.0439. The molecule has 0 bridgehead atoms. The van der Waals surface area contributed by atoms with Crippen molar-refractivity contribution in [2.45, 2.75) is 38.6 Å². The Morgan fingerprint density at radius 3 is 3.14 bits per heavy atom. The van der Waals surface area contributed by atoms with E-state index < -0.39 is 0 Å². The highest BCUT2D eigenvalue weighted by Crippen LogP contribution is 2.38. The number of fused-ring (bicyclic) bond motifs is 1. The summed E-state index contributed by atoms with van der Waals surface area (Å²) in [5, 5.41) is 3.45. The molecule has 1 aliphatic heterocycles. The van der Waals surface area contributed by atoms with Crippen LogP contribution in [0.15, 0.2) is 0 Å². The van der Waals surface area contributed by atoms with Gasteiger partial charge < -0.3 is 10.1 Å². The van der Waals surface area contributed by atoms with Crippen LogP contribution in [0.3, 0.4) is 0 Å². The molecule has 0 radical (unpaired) electrons. The first kappa shape index (κ1) is 9.97. The molecule has 1 saturated carbocycles. The molecule has 1 N–H and O–H groups in total. The van der Waals surface area contributed by atoms with Gasteiger partial charge in [0.1, 0.15) is 0 Å². The van der Waals surface area contributed by atoms with Crippen molar-refractivity contribution in [2.24, 2.45) is 11.8 Å². The summed E-state index contributed by atoms with van der Waals surface area (Å²) in [6, 6.07) is 0.390. The summed E-state index contributed by atoms with van der Waals surface area (Å²) in [7, 11) is 0. The van der Waals surface area contributed by atoms with Crippen LogP contribution in [0, 0.1) is 11.8 Å². The van der Waals surface area contributed by atoms with Gasteiger partial charge in [0.15, 0.2) is 0 Å². The van der Waals surface area contributed by atoms with E-state index in [9.17, 15) is 4.79 Å². The third kappa shape index (κ3) is 1.92. The fraction of sp³-hybridized carbons (Fsp3) is 0.909. The Kier molecular flexibility index (Phi) is 3.06. The smallest absolute Gasteiger partial charge is 0.307 e. The molecule has 0 spiro atoms. The largest absolute Gasteiger partial charge is 0.466 e. The van der Waals surface area contributed by atoms with Gasteiger partial charge in [-0.1, -0.05) is 6.42 Å². The second kappa shape index (κ2) is 4.30. The van der Waals surface area contributed by atoms with Crippen molar-refractivity contribution in [1.82, 2.24) is 5.32 Å². The number of hydrogen-bond acceptors (Lipinski definition) is 3. The summed E-state index contributed by atoms with van der Waals surface area (Å²) >= 11 is 0. The molecule has 0 amide bonds. The lowest BCUT2D eigenvalue weighted by atomic mass is 9.92. The average molecular weight is 197 g/mol. The second-order valence-corrected chi connectivity index (χ2v) is 4.38. The molecule has 1 heterocycles. The van der Waals surface area contributed by atoms with E-state index in [1.54, 1.807) is 0 Å². The van der Waals surface area contributed by atoms with Crippen LogP contribution < -0.4 is 5.32 Å². The number of hydrogen-bond donors (Lipinski definition) is 1. The van der Waals surface area contributed by atoms with Gasteiger partial charge in [0.05, 0.1) is 13.0 Å². The summed E-state index contributed by atoms with van der Waals surface area (Å²) in [6.45, 7) is 3.47. The Hall–Kier alpha value is -0.570. The first-order chi connectivity index (χ1) is 6.81. The van der Waals surface area contributed by atoms with Crippen molar-refractivity contribution >= 4 is 5.97 Å². The molecule has 0 aromatic carbocycles. The molecule has 80 valence electrons. The fourth-order valence-corrected chi connectivity index (χ4v) is 2.93. The van der Waals surface area contributed by atoms with Crippen molar-refractivity contribution in [1.29, 1.82) is 0 Å². The Labute approximate surface area is 85.2 Å². The highest BCUT2D eigenvalue weighted by atomic mass is 16.5. The van der Waals surface area contributed by atoms with Gasteiger partial charge in [0.25, 0.3) is 0 Å². The third-order valence-electron chi connectivity index (χ3n) is 3.57. The molecule has 3 atom stereocenters. The zero-order valence-electron chi connectivity index (χ0n) is 8.79. The Morgan fingerprint density at radius 1 is 1.50 bits per heavy atom. The lowest BCUT2D eigenvalue weighted by Crippen LogP contribution is -2.30. The van der Waals surface area contributed by atoms with Crippen molar-refractivity contribution in [2.75, 3.05) is 13.2 Å². The molecule has 3 heteroatoms. The zero-order valence-corrected chi connectivity index (χ0v) is 8.79. The molecular formula is C11H19NO2. The van der Waals surface area contributed by atoms with Crippen LogP contribution >= 0.6 is 0 Å². The predicted molar refractivity (Wildman–Crippen MR) is 53.9 cm³/mol. The first-order valence-electron chi connectivity index (χ1n) is 5.70. The van der Waals surface area contributed by atoms with Gasteiger partial charge in [-0.25, -0.2) is 0 Å². The first-order valence-corrected chi connectivity index (χ1v) is 5.70. The van der Waals surface area contributed by atoms with Crippen LogP contribution in [0.2, 0.25) is 0 Å². The highest BCUT2D eigenvalue weighted by Gasteiger charge is 2.39. The lowest BCUT2D eigenvalue weighted by molar-refractivity contribution is -0.143. The van der Waals surface area contributed by atoms with E-state index in [2.05, 4.69) is 5.32 Å². The van der Waals surface area contributed by atoms with E-state index in [1.807, 2.05) is 6.92 Å². The van der Waals surface area contributed by atoms with Crippen molar-refractivity contribution in [3.63, 3.8) is 0 Å². The Morgan fingerprint density at radius 2 is 2.36 bits per heavy atom. The molecular weight excluding hydrogens is 178 g/mol. The molecule has 2 rings (SSSR count). The van der Waals surface area contributed by atoms with Crippen LogP contribution in [-0.4, -0.2) is 25.2 Å². The summed E-state index contributed by atoms with van der Waals surface area (Å²) in [5.41, 5.74) is 0. The van der Waals surface area contributed by atoms with E-state index in [4.69, 9.17) is 4.74 Å². The van der Waals surface area contributed by atoms with E-state index in [-0.39, 0.29) is 5.97 Å². The highest BCUT2D eigenvalue weighted by molar-refractivity contribution is 5.70. The number of carbonyl (C=O) groups is 1. The quantitative estimate of drug-likeness (QED) is 0.694. The minimum atomic E-state index is -0.0439. The zero-order chi connectivity index (χ0) is 9.97. The standard InChI is InChI=1S/C11H19NO2/c1-2-14-11(13)6-10-9-5-3-4-8(9)7-12-10/h8-10,12H,2-7H2,1H3/t8-,9-,10+/m0/s1. The summed E-state index contributed by atoms with van der Waals surface area (Å²) in [4.78, 5) is 11.3. The molecule has 3 nitrogen and oxygen atoms in total. The third-order valence-corrected chi connectivity index (χ3v) is 3.57. The van der Waals surface area contributed by atoms with Gasteiger partial charge in [-0.3, -0.25) is 4.79 Å². The number of carbonyl (C=O) groups excluding carboxylic acids is 1. The average Bonchev–Trinajstić information content (AvgIpc) is 2.70. The molecule has 0 aromatic heterocycles. The van der Waals surface area contributed by atoms with Crippen molar-refractivity contribution < 1.29 is 9.53 Å². The lowest BCUT2D eigenvalue weighted by Gasteiger charge is -2.16. The monoisotopic (exact) mass is 197 g/mol. The van der Waals surface area contributed by atoms with Crippen LogP contribution in [0.4, 0.5) is 0 Å². The van der Waals surface area contributed by atoms with Gasteiger partial charge in [-0.2, -0.15) is 0 Å². The van der Waals surface area contributed by atoms with Gasteiger partial charge in [-0.15, -0.1) is 0 Å². The number of nitrogens with one attached hydrogen (secondary N) is 1.